The lowest BCUT2D eigenvalue weighted by molar-refractivity contribution is -0.394. The topological polar surface area (TPSA) is 150 Å². The molecule has 0 fully saturated rings. The van der Waals surface area contributed by atoms with Gasteiger partial charge in [0.05, 0.1) is 32.7 Å². The number of benzene rings is 3. The number of amides is 1. The number of carbonyl (C=O) groups excluding carboxylic acids is 3. The van der Waals surface area contributed by atoms with Crippen LogP contribution in [0.1, 0.15) is 49.9 Å². The van der Waals surface area contributed by atoms with Crippen LogP contribution in [0.4, 0.5) is 17.1 Å². The van der Waals surface area contributed by atoms with Gasteiger partial charge in [-0.3, -0.25) is 34.6 Å². The minimum absolute atomic E-state index is 0.0271. The van der Waals surface area contributed by atoms with Gasteiger partial charge in [0.2, 0.25) is 5.91 Å². The van der Waals surface area contributed by atoms with Gasteiger partial charge < -0.3 is 5.32 Å². The second kappa shape index (κ2) is 8.51. The van der Waals surface area contributed by atoms with Crippen molar-refractivity contribution in [1.29, 1.82) is 0 Å². The van der Waals surface area contributed by atoms with E-state index in [-0.39, 0.29) is 39.3 Å². The quantitative estimate of drug-likeness (QED) is 0.265. The Kier molecular flexibility index (Phi) is 5.56. The van der Waals surface area contributed by atoms with Gasteiger partial charge in [-0.05, 0) is 23.8 Å². The average Bonchev–Trinajstić information content (AvgIpc) is 2.81. The summed E-state index contributed by atoms with van der Waals surface area (Å²) in [5, 5.41) is 25.0. The van der Waals surface area contributed by atoms with Gasteiger partial charge in [-0.25, -0.2) is 0 Å². The van der Waals surface area contributed by atoms with E-state index in [4.69, 9.17) is 0 Å². The van der Waals surface area contributed by atoms with E-state index in [0.717, 1.165) is 12.1 Å². The summed E-state index contributed by atoms with van der Waals surface area (Å²) in [6.45, 7) is 1.25. The minimum Gasteiger partial charge on any atom is -0.325 e. The molecule has 0 saturated carbocycles. The summed E-state index contributed by atoms with van der Waals surface area (Å²) >= 11 is 0. The highest BCUT2D eigenvalue weighted by atomic mass is 16.6. The third kappa shape index (κ3) is 3.84. The predicted molar refractivity (Wildman–Crippen MR) is 123 cm³/mol. The molecule has 0 radical (unpaired) electrons. The molecule has 0 saturated heterocycles. The van der Waals surface area contributed by atoms with Crippen LogP contribution in [0.3, 0.4) is 0 Å². The van der Waals surface area contributed by atoms with Crippen LogP contribution in [0.2, 0.25) is 0 Å². The first kappa shape index (κ1) is 22.2. The number of non-ortho nitro benzene ring substituents is 1. The van der Waals surface area contributed by atoms with Crippen LogP contribution in [0.25, 0.3) is 12.2 Å². The predicted octanol–water partition coefficient (Wildman–Crippen LogP) is 4.41. The smallest absolute Gasteiger partial charge is 0.283 e. The fourth-order valence-corrected chi connectivity index (χ4v) is 3.78. The van der Waals surface area contributed by atoms with Crippen molar-refractivity contribution in [2.45, 2.75) is 6.92 Å². The van der Waals surface area contributed by atoms with Crippen LogP contribution in [-0.2, 0) is 4.79 Å². The first-order chi connectivity index (χ1) is 16.2. The molecule has 0 aromatic heterocycles. The van der Waals surface area contributed by atoms with E-state index in [1.807, 2.05) is 0 Å². The number of nitrogens with zero attached hydrogens (tertiary/aromatic N) is 2. The van der Waals surface area contributed by atoms with Crippen LogP contribution < -0.4 is 5.32 Å². The van der Waals surface area contributed by atoms with Crippen molar-refractivity contribution >= 4 is 46.7 Å². The van der Waals surface area contributed by atoms with E-state index in [1.54, 1.807) is 18.2 Å². The van der Waals surface area contributed by atoms with Crippen LogP contribution in [0.5, 0.6) is 0 Å². The highest BCUT2D eigenvalue weighted by Gasteiger charge is 2.32. The molecule has 34 heavy (non-hydrogen) atoms. The maximum atomic E-state index is 13.2. The Hall–Kier alpha value is -4.99. The van der Waals surface area contributed by atoms with Gasteiger partial charge in [-0.15, -0.1) is 0 Å². The zero-order chi connectivity index (χ0) is 24.6. The van der Waals surface area contributed by atoms with E-state index in [9.17, 15) is 34.6 Å². The normalized spacial score (nSPS) is 12.3. The molecule has 1 amide bonds. The highest BCUT2D eigenvalue weighted by Crippen LogP contribution is 2.35. The van der Waals surface area contributed by atoms with Gasteiger partial charge >= 0.3 is 0 Å². The fourth-order valence-electron chi connectivity index (χ4n) is 3.78. The van der Waals surface area contributed by atoms with E-state index < -0.39 is 32.9 Å². The molecule has 3 aromatic rings. The number of rotatable bonds is 5. The van der Waals surface area contributed by atoms with E-state index in [0.29, 0.717) is 5.56 Å². The maximum Gasteiger partial charge on any atom is 0.283 e. The molecular formula is C24H15N3O7. The summed E-state index contributed by atoms with van der Waals surface area (Å²) in [6, 6.07) is 12.5. The summed E-state index contributed by atoms with van der Waals surface area (Å²) in [5.74, 6) is -1.28. The van der Waals surface area contributed by atoms with E-state index >= 15 is 0 Å². The Labute approximate surface area is 191 Å². The van der Waals surface area contributed by atoms with Crippen molar-refractivity contribution in [3.05, 3.63) is 108 Å². The van der Waals surface area contributed by atoms with Crippen molar-refractivity contribution in [2.24, 2.45) is 0 Å². The summed E-state index contributed by atoms with van der Waals surface area (Å²) in [7, 11) is 0. The SMILES string of the molecule is CC(=O)Nc1c(/C=C\c2ccc([N+](=O)[O-])cc2[N+](=O)[O-])ccc2c1C(=O)c1ccccc1C2=O. The molecule has 0 unspecified atom stereocenters. The summed E-state index contributed by atoms with van der Waals surface area (Å²) in [6.07, 6.45) is 2.77. The van der Waals surface area contributed by atoms with Gasteiger partial charge in [0.1, 0.15) is 0 Å². The second-order valence-electron chi connectivity index (χ2n) is 7.43. The lowest BCUT2D eigenvalue weighted by Crippen LogP contribution is -2.24. The molecule has 0 atom stereocenters. The Morgan fingerprint density at radius 1 is 0.824 bits per heavy atom. The molecule has 0 heterocycles. The number of anilines is 1. The first-order valence-electron chi connectivity index (χ1n) is 9.93. The number of nitro benzene ring substituents is 2. The molecule has 1 N–H and O–H groups in total. The molecule has 10 heteroatoms. The zero-order valence-corrected chi connectivity index (χ0v) is 17.6. The van der Waals surface area contributed by atoms with Gasteiger partial charge in [-0.1, -0.05) is 36.4 Å². The van der Waals surface area contributed by atoms with E-state index in [2.05, 4.69) is 5.32 Å². The molecule has 4 rings (SSSR count). The second-order valence-corrected chi connectivity index (χ2v) is 7.43. The summed E-state index contributed by atoms with van der Waals surface area (Å²) in [5.41, 5.74) is 0.210. The fraction of sp³-hybridized carbons (Fsp3) is 0.0417. The zero-order valence-electron chi connectivity index (χ0n) is 17.6. The largest absolute Gasteiger partial charge is 0.325 e. The third-order valence-corrected chi connectivity index (χ3v) is 5.29. The number of ketones is 2. The Balaban J connectivity index is 1.86. The van der Waals surface area contributed by atoms with Crippen molar-refractivity contribution in [1.82, 2.24) is 0 Å². The minimum atomic E-state index is -0.743. The van der Waals surface area contributed by atoms with Crippen LogP contribution in [0.15, 0.2) is 54.6 Å². The Bertz CT molecular complexity index is 1460. The summed E-state index contributed by atoms with van der Waals surface area (Å²) < 4.78 is 0. The molecular weight excluding hydrogens is 442 g/mol. The molecule has 0 spiro atoms. The van der Waals surface area contributed by atoms with Gasteiger partial charge in [-0.2, -0.15) is 0 Å². The first-order valence-corrected chi connectivity index (χ1v) is 9.93. The number of nitro groups is 2. The van der Waals surface area contributed by atoms with Crippen molar-refractivity contribution in [3.8, 4) is 0 Å². The number of nitrogens with one attached hydrogen (secondary N) is 1. The lowest BCUT2D eigenvalue weighted by Gasteiger charge is -2.21. The van der Waals surface area contributed by atoms with Gasteiger partial charge in [0.15, 0.2) is 11.6 Å². The van der Waals surface area contributed by atoms with Crippen LogP contribution >= 0.6 is 0 Å². The van der Waals surface area contributed by atoms with Crippen LogP contribution in [0, 0.1) is 20.2 Å². The highest BCUT2D eigenvalue weighted by molar-refractivity contribution is 6.31. The third-order valence-electron chi connectivity index (χ3n) is 5.29. The maximum absolute atomic E-state index is 13.2. The molecule has 1 aliphatic rings. The number of hydrogen-bond acceptors (Lipinski definition) is 7. The van der Waals surface area contributed by atoms with Crippen molar-refractivity contribution in [2.75, 3.05) is 5.32 Å². The van der Waals surface area contributed by atoms with Gasteiger partial charge in [0.25, 0.3) is 11.4 Å². The molecule has 1 aliphatic carbocycles. The number of carbonyl (C=O) groups is 3. The summed E-state index contributed by atoms with van der Waals surface area (Å²) in [4.78, 5) is 59.0. The monoisotopic (exact) mass is 457 g/mol. The molecule has 168 valence electrons. The molecule has 3 aromatic carbocycles. The molecule has 0 bridgehead atoms. The van der Waals surface area contributed by atoms with E-state index in [1.165, 1.54) is 43.3 Å². The number of fused-ring (bicyclic) bond motifs is 2. The van der Waals surface area contributed by atoms with Crippen molar-refractivity contribution < 1.29 is 24.2 Å². The van der Waals surface area contributed by atoms with Crippen molar-refractivity contribution in [3.63, 3.8) is 0 Å². The standard InChI is InChI=1S/C24H15N3O7/c1-13(28)25-22-15(7-6-14-8-10-16(26(31)32)12-20(14)27(33)34)9-11-19-21(22)24(30)18-5-3-2-4-17(18)23(19)29/h2-12H,1H3,(H,25,28)/b7-6-. The van der Waals surface area contributed by atoms with Gasteiger partial charge in [0, 0.05) is 29.7 Å². The van der Waals surface area contributed by atoms with Crippen LogP contribution in [-0.4, -0.2) is 27.3 Å². The Morgan fingerprint density at radius 2 is 1.44 bits per heavy atom. The molecule has 10 nitrogen and oxygen atoms in total. The number of hydrogen-bond donors (Lipinski definition) is 1. The Morgan fingerprint density at radius 3 is 2.06 bits per heavy atom. The molecule has 0 aliphatic heterocycles. The lowest BCUT2D eigenvalue weighted by atomic mass is 9.82. The average molecular weight is 457 g/mol.